The molecular formula is C13H9F10N5. The Kier molecular flexibility index (Phi) is 5.02. The second-order valence-electron chi connectivity index (χ2n) is 5.54. The van der Waals surface area contributed by atoms with Crippen LogP contribution in [-0.2, 0) is 18.4 Å². The molecule has 0 fully saturated rings. The molecule has 0 aliphatic carbocycles. The van der Waals surface area contributed by atoms with Crippen LogP contribution < -0.4 is 5.73 Å². The zero-order valence-electron chi connectivity index (χ0n) is 13.5. The molecule has 0 bridgehead atoms. The summed E-state index contributed by atoms with van der Waals surface area (Å²) < 4.78 is 129. The van der Waals surface area contributed by atoms with Gasteiger partial charge in [-0.15, -0.1) is 5.10 Å². The van der Waals surface area contributed by atoms with Crippen molar-refractivity contribution in [3.05, 3.63) is 35.2 Å². The summed E-state index contributed by atoms with van der Waals surface area (Å²) in [6.07, 6.45) is -12.6. The summed E-state index contributed by atoms with van der Waals surface area (Å²) in [7, 11) is 0. The number of rotatable bonds is 4. The molecule has 2 heterocycles. The van der Waals surface area contributed by atoms with Gasteiger partial charge in [-0.1, -0.05) is 0 Å². The molecule has 28 heavy (non-hydrogen) atoms. The summed E-state index contributed by atoms with van der Waals surface area (Å²) in [4.78, 5) is 5.91. The van der Waals surface area contributed by atoms with Crippen molar-refractivity contribution in [3.8, 4) is 0 Å². The molecule has 0 saturated carbocycles. The maximum Gasteiger partial charge on any atom is 0.461 e. The summed E-state index contributed by atoms with van der Waals surface area (Å²) in [5.41, 5.74) is 5.41. The van der Waals surface area contributed by atoms with Gasteiger partial charge < -0.3 is 5.73 Å². The molecule has 5 nitrogen and oxygen atoms in total. The van der Waals surface area contributed by atoms with Gasteiger partial charge in [0, 0.05) is 0 Å². The lowest BCUT2D eigenvalue weighted by atomic mass is 10.2. The van der Waals surface area contributed by atoms with Gasteiger partial charge in [0.1, 0.15) is 0 Å². The predicted molar refractivity (Wildman–Crippen MR) is 72.4 cm³/mol. The molecule has 156 valence electrons. The van der Waals surface area contributed by atoms with Crippen molar-refractivity contribution in [2.45, 2.75) is 37.7 Å². The second kappa shape index (κ2) is 6.48. The zero-order valence-corrected chi connectivity index (χ0v) is 13.5. The minimum Gasteiger partial charge on any atom is -0.397 e. The molecule has 0 saturated heterocycles. The van der Waals surface area contributed by atoms with E-state index in [9.17, 15) is 43.9 Å². The monoisotopic (exact) mass is 425 g/mol. The van der Waals surface area contributed by atoms with E-state index in [2.05, 4.69) is 15.1 Å². The van der Waals surface area contributed by atoms with E-state index in [1.807, 2.05) is 0 Å². The van der Waals surface area contributed by atoms with Crippen molar-refractivity contribution in [1.82, 2.24) is 19.7 Å². The Morgan fingerprint density at radius 3 is 1.86 bits per heavy atom. The van der Waals surface area contributed by atoms with Crippen LogP contribution in [0.1, 0.15) is 23.0 Å². The van der Waals surface area contributed by atoms with E-state index in [1.54, 1.807) is 0 Å². The number of nitrogens with two attached hydrogens (primary N) is 1. The van der Waals surface area contributed by atoms with E-state index >= 15 is 0 Å². The molecule has 0 aliphatic rings. The fourth-order valence-electron chi connectivity index (χ4n) is 1.94. The Bertz CT molecular complexity index is 868. The molecule has 0 amide bonds. The molecule has 2 rings (SSSR count). The molecule has 0 spiro atoms. The first kappa shape index (κ1) is 21.7. The summed E-state index contributed by atoms with van der Waals surface area (Å²) in [6.45, 7) is 0.248. The molecule has 0 atom stereocenters. The van der Waals surface area contributed by atoms with Gasteiger partial charge in [0.05, 0.1) is 23.6 Å². The molecule has 2 aromatic heterocycles. The quantitative estimate of drug-likeness (QED) is 0.755. The van der Waals surface area contributed by atoms with E-state index in [1.165, 1.54) is 13.0 Å². The molecule has 0 unspecified atom stereocenters. The van der Waals surface area contributed by atoms with Gasteiger partial charge in [-0.2, -0.15) is 43.9 Å². The molecule has 2 aromatic rings. The minimum absolute atomic E-state index is 0.114. The van der Waals surface area contributed by atoms with E-state index in [4.69, 9.17) is 5.73 Å². The first-order chi connectivity index (χ1) is 12.5. The van der Waals surface area contributed by atoms with Crippen molar-refractivity contribution in [3.63, 3.8) is 0 Å². The number of hydrogen-bond donors (Lipinski definition) is 1. The average Bonchev–Trinajstić information content (AvgIpc) is 2.94. The number of aromatic nitrogens is 4. The molecule has 0 aromatic carbocycles. The number of pyridine rings is 1. The number of nitrogens with zero attached hydrogens (tertiary/aromatic N) is 4. The van der Waals surface area contributed by atoms with Gasteiger partial charge in [-0.25, -0.2) is 9.67 Å². The topological polar surface area (TPSA) is 69.6 Å². The highest BCUT2D eigenvalue weighted by atomic mass is 19.4. The van der Waals surface area contributed by atoms with Crippen molar-refractivity contribution in [2.24, 2.45) is 0 Å². The van der Waals surface area contributed by atoms with Gasteiger partial charge in [-0.05, 0) is 19.1 Å². The SMILES string of the molecule is Cc1nc(Cn2nc(C(F)(F)C(F)(F)F)nc2C(F)(F)C(F)(F)F)ccc1N. The summed E-state index contributed by atoms with van der Waals surface area (Å²) in [5, 5.41) is 2.56. The van der Waals surface area contributed by atoms with E-state index in [0.29, 0.717) is 0 Å². The van der Waals surface area contributed by atoms with E-state index < -0.39 is 47.1 Å². The Balaban J connectivity index is 2.63. The average molecular weight is 425 g/mol. The van der Waals surface area contributed by atoms with E-state index in [-0.39, 0.29) is 17.1 Å². The standard InChI is InChI=1S/C13H9F10N5/c1-5-7(24)3-2-6(25-5)4-28-9(11(16,17)13(21,22)23)26-8(27-28)10(14,15)12(18,19)20/h2-3H,4,24H2,1H3. The third-order valence-electron chi connectivity index (χ3n) is 3.44. The number of aryl methyl sites for hydroxylation is 1. The Labute approximate surface area is 149 Å². The highest BCUT2D eigenvalue weighted by Gasteiger charge is 2.65. The smallest absolute Gasteiger partial charge is 0.397 e. The van der Waals surface area contributed by atoms with Gasteiger partial charge in [-0.3, -0.25) is 4.98 Å². The molecule has 0 aliphatic heterocycles. The fraction of sp³-hybridized carbons (Fsp3) is 0.462. The maximum absolute atomic E-state index is 13.7. The molecule has 15 heteroatoms. The summed E-state index contributed by atoms with van der Waals surface area (Å²) in [5.74, 6) is -16.7. The number of halogens is 10. The lowest BCUT2D eigenvalue weighted by Crippen LogP contribution is -2.37. The van der Waals surface area contributed by atoms with Crippen LogP contribution in [0.4, 0.5) is 49.6 Å². The second-order valence-corrected chi connectivity index (χ2v) is 5.54. The highest BCUT2D eigenvalue weighted by molar-refractivity contribution is 5.42. The van der Waals surface area contributed by atoms with Crippen LogP contribution in [0.3, 0.4) is 0 Å². The lowest BCUT2D eigenvalue weighted by molar-refractivity contribution is -0.295. The van der Waals surface area contributed by atoms with Crippen LogP contribution >= 0.6 is 0 Å². The van der Waals surface area contributed by atoms with Crippen LogP contribution in [0.15, 0.2) is 12.1 Å². The Morgan fingerprint density at radius 2 is 1.39 bits per heavy atom. The number of nitrogen functional groups attached to an aromatic ring is 1. The zero-order chi connectivity index (χ0) is 21.7. The normalized spacial score (nSPS) is 13.8. The third-order valence-corrected chi connectivity index (χ3v) is 3.44. The van der Waals surface area contributed by atoms with Crippen LogP contribution in [-0.4, -0.2) is 32.1 Å². The first-order valence-electron chi connectivity index (χ1n) is 7.05. The number of alkyl halides is 10. The number of hydrogen-bond acceptors (Lipinski definition) is 4. The largest absolute Gasteiger partial charge is 0.461 e. The van der Waals surface area contributed by atoms with Crippen molar-refractivity contribution in [1.29, 1.82) is 0 Å². The Hall–Kier alpha value is -2.61. The van der Waals surface area contributed by atoms with E-state index in [0.717, 1.165) is 6.07 Å². The summed E-state index contributed by atoms with van der Waals surface area (Å²) >= 11 is 0. The number of anilines is 1. The third kappa shape index (κ3) is 3.69. The van der Waals surface area contributed by atoms with Crippen LogP contribution in [0.5, 0.6) is 0 Å². The predicted octanol–water partition coefficient (Wildman–Crippen LogP) is 3.92. The first-order valence-corrected chi connectivity index (χ1v) is 7.05. The van der Waals surface area contributed by atoms with Gasteiger partial charge in [0.2, 0.25) is 11.6 Å². The molecule has 0 radical (unpaired) electrons. The van der Waals surface area contributed by atoms with Crippen LogP contribution in [0.2, 0.25) is 0 Å². The molecule has 2 N–H and O–H groups in total. The van der Waals surface area contributed by atoms with Crippen LogP contribution in [0, 0.1) is 6.92 Å². The Morgan fingerprint density at radius 1 is 0.857 bits per heavy atom. The van der Waals surface area contributed by atoms with Crippen LogP contribution in [0.25, 0.3) is 0 Å². The van der Waals surface area contributed by atoms with Crippen molar-refractivity contribution >= 4 is 5.69 Å². The van der Waals surface area contributed by atoms with Gasteiger partial charge in [0.15, 0.2) is 0 Å². The minimum atomic E-state index is -6.33. The maximum atomic E-state index is 13.7. The van der Waals surface area contributed by atoms with Crippen molar-refractivity contribution < 1.29 is 43.9 Å². The van der Waals surface area contributed by atoms with Gasteiger partial charge >= 0.3 is 24.2 Å². The molecular weight excluding hydrogens is 416 g/mol. The fourth-order valence-corrected chi connectivity index (χ4v) is 1.94. The van der Waals surface area contributed by atoms with Gasteiger partial charge in [0.25, 0.3) is 0 Å². The van der Waals surface area contributed by atoms with Crippen molar-refractivity contribution in [2.75, 3.05) is 5.73 Å². The lowest BCUT2D eigenvalue weighted by Gasteiger charge is -2.19. The summed E-state index contributed by atoms with van der Waals surface area (Å²) in [6, 6.07) is 2.22. The highest BCUT2D eigenvalue weighted by Crippen LogP contribution is 2.46.